The maximum absolute atomic E-state index is 13.0. The van der Waals surface area contributed by atoms with Crippen molar-refractivity contribution in [3.05, 3.63) is 82.9 Å². The van der Waals surface area contributed by atoms with Crippen LogP contribution in [0, 0.1) is 0 Å². The standard InChI is InChI=1S/C31H28O11/c1-37-24-16-19(8-10-23(24)41-27(35)12-6-17-5-9-21(32)22(33)14-17)29-28(31(36)40-4)20-13-18(7-11-26(34)39-3)15-25(38-2)30(20)42-29/h5-16,28-29,32-33H,1-4H3/t28-,29+/m1/s1. The molecule has 0 saturated heterocycles. The van der Waals surface area contributed by atoms with Gasteiger partial charge >= 0.3 is 17.9 Å². The summed E-state index contributed by atoms with van der Waals surface area (Å²) >= 11 is 0. The van der Waals surface area contributed by atoms with Crippen LogP contribution in [-0.4, -0.2) is 56.6 Å². The smallest absolute Gasteiger partial charge is 0.336 e. The Balaban J connectivity index is 1.62. The molecular weight excluding hydrogens is 548 g/mol. The number of aromatic hydroxyl groups is 2. The van der Waals surface area contributed by atoms with Crippen molar-refractivity contribution in [1.29, 1.82) is 0 Å². The first kappa shape index (κ1) is 29.5. The van der Waals surface area contributed by atoms with Crippen LogP contribution in [0.15, 0.2) is 60.7 Å². The average molecular weight is 577 g/mol. The topological polar surface area (TPSA) is 147 Å². The molecule has 1 aliphatic rings. The molecule has 0 aliphatic carbocycles. The summed E-state index contributed by atoms with van der Waals surface area (Å²) in [7, 11) is 5.39. The van der Waals surface area contributed by atoms with E-state index >= 15 is 0 Å². The van der Waals surface area contributed by atoms with Crippen molar-refractivity contribution in [1.82, 2.24) is 0 Å². The predicted molar refractivity (Wildman–Crippen MR) is 150 cm³/mol. The van der Waals surface area contributed by atoms with Gasteiger partial charge in [0.1, 0.15) is 12.0 Å². The van der Waals surface area contributed by atoms with E-state index in [4.69, 9.17) is 23.7 Å². The van der Waals surface area contributed by atoms with E-state index in [1.54, 1.807) is 24.3 Å². The van der Waals surface area contributed by atoms with E-state index in [9.17, 15) is 24.6 Å². The summed E-state index contributed by atoms with van der Waals surface area (Å²) in [6, 6.07) is 12.2. The molecule has 0 aromatic heterocycles. The number of carbonyl (C=O) groups excluding carboxylic acids is 3. The first-order valence-electron chi connectivity index (χ1n) is 12.5. The average Bonchev–Trinajstić information content (AvgIpc) is 3.39. The Hall–Kier alpha value is -5.45. The van der Waals surface area contributed by atoms with Crippen LogP contribution in [0.25, 0.3) is 12.2 Å². The molecule has 3 aromatic carbocycles. The minimum Gasteiger partial charge on any atom is -0.504 e. The second-order valence-corrected chi connectivity index (χ2v) is 8.95. The molecule has 1 heterocycles. The van der Waals surface area contributed by atoms with Crippen LogP contribution in [0.2, 0.25) is 0 Å². The number of benzene rings is 3. The lowest BCUT2D eigenvalue weighted by molar-refractivity contribution is -0.144. The summed E-state index contributed by atoms with van der Waals surface area (Å²) in [6.45, 7) is 0. The number of fused-ring (bicyclic) bond motifs is 1. The summed E-state index contributed by atoms with van der Waals surface area (Å²) < 4.78 is 32.4. The zero-order chi connectivity index (χ0) is 30.4. The van der Waals surface area contributed by atoms with Crippen molar-refractivity contribution < 1.29 is 53.0 Å². The molecule has 0 unspecified atom stereocenters. The molecule has 218 valence electrons. The van der Waals surface area contributed by atoms with Crippen molar-refractivity contribution in [3.63, 3.8) is 0 Å². The quantitative estimate of drug-likeness (QED) is 0.163. The van der Waals surface area contributed by atoms with E-state index in [1.807, 2.05) is 0 Å². The Morgan fingerprint density at radius 3 is 2.12 bits per heavy atom. The first-order valence-corrected chi connectivity index (χ1v) is 12.5. The molecule has 1 aliphatic heterocycles. The SMILES string of the molecule is COC(=O)C=Cc1cc(OC)c2c(c1)[C@@H](C(=O)OC)[C@H](c1ccc(OC(=O)C=Cc3ccc(O)c(O)c3)c(OC)c1)O2. The van der Waals surface area contributed by atoms with Gasteiger partial charge in [0, 0.05) is 17.7 Å². The number of methoxy groups -OCH3 is 4. The van der Waals surface area contributed by atoms with E-state index in [0.29, 0.717) is 33.8 Å². The summed E-state index contributed by atoms with van der Waals surface area (Å²) in [6.07, 6.45) is 4.50. The van der Waals surface area contributed by atoms with Crippen LogP contribution >= 0.6 is 0 Å². The van der Waals surface area contributed by atoms with Crippen LogP contribution < -0.4 is 18.9 Å². The van der Waals surface area contributed by atoms with E-state index in [2.05, 4.69) is 4.74 Å². The zero-order valence-electron chi connectivity index (χ0n) is 23.2. The third kappa shape index (κ3) is 6.30. The molecule has 0 bridgehead atoms. The highest BCUT2D eigenvalue weighted by Crippen LogP contribution is 2.52. The van der Waals surface area contributed by atoms with Crippen molar-refractivity contribution in [2.75, 3.05) is 28.4 Å². The third-order valence-corrected chi connectivity index (χ3v) is 6.41. The monoisotopic (exact) mass is 576 g/mol. The van der Waals surface area contributed by atoms with Gasteiger partial charge in [-0.15, -0.1) is 0 Å². The minimum absolute atomic E-state index is 0.113. The number of ether oxygens (including phenoxy) is 6. The molecule has 0 saturated carbocycles. The highest BCUT2D eigenvalue weighted by Gasteiger charge is 2.43. The molecule has 2 atom stereocenters. The highest BCUT2D eigenvalue weighted by molar-refractivity contribution is 5.89. The van der Waals surface area contributed by atoms with Gasteiger partial charge in [-0.25, -0.2) is 9.59 Å². The van der Waals surface area contributed by atoms with E-state index in [0.717, 1.165) is 6.08 Å². The lowest BCUT2D eigenvalue weighted by atomic mass is 9.90. The van der Waals surface area contributed by atoms with Gasteiger partial charge in [-0.1, -0.05) is 12.1 Å². The Morgan fingerprint density at radius 1 is 0.738 bits per heavy atom. The predicted octanol–water partition coefficient (Wildman–Crippen LogP) is 4.31. The molecular formula is C31H28O11. The number of carbonyl (C=O) groups is 3. The Kier molecular flexibility index (Phi) is 9.01. The summed E-state index contributed by atoms with van der Waals surface area (Å²) in [5.74, 6) is -2.32. The summed E-state index contributed by atoms with van der Waals surface area (Å²) in [5, 5.41) is 19.1. The number of esters is 3. The molecule has 2 N–H and O–H groups in total. The number of hydrogen-bond acceptors (Lipinski definition) is 11. The van der Waals surface area contributed by atoms with Gasteiger partial charge in [0.05, 0.1) is 28.4 Å². The number of rotatable bonds is 9. The lowest BCUT2D eigenvalue weighted by Crippen LogP contribution is -2.20. The van der Waals surface area contributed by atoms with Crippen molar-refractivity contribution in [3.8, 4) is 34.5 Å². The fourth-order valence-electron chi connectivity index (χ4n) is 4.38. The molecule has 4 rings (SSSR count). The van der Waals surface area contributed by atoms with Crippen molar-refractivity contribution in [2.45, 2.75) is 12.0 Å². The second kappa shape index (κ2) is 12.8. The van der Waals surface area contributed by atoms with E-state index < -0.39 is 29.9 Å². The fraction of sp³-hybridized carbons (Fsp3) is 0.194. The van der Waals surface area contributed by atoms with Gasteiger partial charge < -0.3 is 38.6 Å². The third-order valence-electron chi connectivity index (χ3n) is 6.41. The van der Waals surface area contributed by atoms with Crippen LogP contribution in [-0.2, 0) is 23.9 Å². The number of phenols is 2. The largest absolute Gasteiger partial charge is 0.504 e. The van der Waals surface area contributed by atoms with Gasteiger partial charge in [0.2, 0.25) is 0 Å². The molecule has 0 fully saturated rings. The molecule has 0 amide bonds. The molecule has 0 radical (unpaired) electrons. The first-order chi connectivity index (χ1) is 20.2. The Morgan fingerprint density at radius 2 is 1.45 bits per heavy atom. The molecule has 0 spiro atoms. The molecule has 11 heteroatoms. The number of hydrogen-bond donors (Lipinski definition) is 2. The summed E-state index contributed by atoms with van der Waals surface area (Å²) in [5.41, 5.74) is 2.07. The fourth-order valence-corrected chi connectivity index (χ4v) is 4.38. The van der Waals surface area contributed by atoms with Crippen LogP contribution in [0.5, 0.6) is 34.5 Å². The molecule has 3 aromatic rings. The lowest BCUT2D eigenvalue weighted by Gasteiger charge is -2.19. The Labute approximate surface area is 241 Å². The van der Waals surface area contributed by atoms with Gasteiger partial charge in [-0.2, -0.15) is 0 Å². The van der Waals surface area contributed by atoms with Crippen molar-refractivity contribution >= 4 is 30.1 Å². The van der Waals surface area contributed by atoms with Crippen molar-refractivity contribution in [2.24, 2.45) is 0 Å². The van der Waals surface area contributed by atoms with Crippen LogP contribution in [0.1, 0.15) is 34.3 Å². The maximum Gasteiger partial charge on any atom is 0.336 e. The van der Waals surface area contributed by atoms with E-state index in [1.165, 1.54) is 70.9 Å². The van der Waals surface area contributed by atoms with Gasteiger partial charge in [0.25, 0.3) is 0 Å². The van der Waals surface area contributed by atoms with Gasteiger partial charge in [0.15, 0.2) is 34.5 Å². The number of phenolic OH excluding ortho intramolecular Hbond substituents is 2. The van der Waals surface area contributed by atoms with Gasteiger partial charge in [-0.3, -0.25) is 4.79 Å². The summed E-state index contributed by atoms with van der Waals surface area (Å²) in [4.78, 5) is 37.1. The highest BCUT2D eigenvalue weighted by atomic mass is 16.6. The molecule has 11 nitrogen and oxygen atoms in total. The molecule has 42 heavy (non-hydrogen) atoms. The Bertz CT molecular complexity index is 1570. The van der Waals surface area contributed by atoms with Gasteiger partial charge in [-0.05, 0) is 65.2 Å². The van der Waals surface area contributed by atoms with E-state index in [-0.39, 0.29) is 23.0 Å². The normalized spacial score (nSPS) is 15.6. The van der Waals surface area contributed by atoms with Crippen LogP contribution in [0.4, 0.5) is 0 Å². The maximum atomic E-state index is 13.0. The van der Waals surface area contributed by atoms with Crippen LogP contribution in [0.3, 0.4) is 0 Å². The second-order valence-electron chi connectivity index (χ2n) is 8.95. The zero-order valence-corrected chi connectivity index (χ0v) is 23.2. The minimum atomic E-state index is -0.895.